The topological polar surface area (TPSA) is 43.4 Å². The molecule has 0 amide bonds. The van der Waals surface area contributed by atoms with Crippen molar-refractivity contribution < 1.29 is 13.7 Å². The van der Waals surface area contributed by atoms with Gasteiger partial charge < -0.3 is 4.74 Å². The van der Waals surface area contributed by atoms with Crippen LogP contribution in [-0.2, 0) is 21.3 Å². The van der Waals surface area contributed by atoms with Gasteiger partial charge in [-0.15, -0.1) is 0 Å². The van der Waals surface area contributed by atoms with Gasteiger partial charge in [0.05, 0.1) is 5.56 Å². The van der Waals surface area contributed by atoms with Crippen LogP contribution in [0.5, 0.6) is 0 Å². The van der Waals surface area contributed by atoms with Gasteiger partial charge >= 0.3 is 5.97 Å². The Morgan fingerprint density at radius 3 is 2.72 bits per heavy atom. The molecule has 18 heavy (non-hydrogen) atoms. The average Bonchev–Trinajstić information content (AvgIpc) is 2.27. The molecule has 3 nitrogen and oxygen atoms in total. The maximum atomic E-state index is 11.7. The third-order valence-electron chi connectivity index (χ3n) is 2.24. The normalized spacial score (nSPS) is 11.7. The van der Waals surface area contributed by atoms with Gasteiger partial charge in [0, 0.05) is 22.8 Å². The van der Waals surface area contributed by atoms with Crippen molar-refractivity contribution in [1.29, 1.82) is 0 Å². The number of carbonyl (C=O) groups excluding carboxylic acids is 1. The number of allylic oxidation sites excluding steroid dienone is 1. The molecule has 0 saturated carbocycles. The zero-order valence-electron chi connectivity index (χ0n) is 10.9. The van der Waals surface area contributed by atoms with Gasteiger partial charge in [-0.25, -0.2) is 4.79 Å². The van der Waals surface area contributed by atoms with Crippen molar-refractivity contribution in [2.45, 2.75) is 19.6 Å². The Morgan fingerprint density at radius 1 is 1.39 bits per heavy atom. The van der Waals surface area contributed by atoms with E-state index in [1.807, 2.05) is 26.0 Å². The van der Waals surface area contributed by atoms with Crippen LogP contribution in [0.25, 0.3) is 0 Å². The van der Waals surface area contributed by atoms with Crippen LogP contribution in [0, 0.1) is 0 Å². The summed E-state index contributed by atoms with van der Waals surface area (Å²) in [5.41, 5.74) is 2.49. The van der Waals surface area contributed by atoms with E-state index in [1.54, 1.807) is 24.5 Å². The predicted octanol–water partition coefficient (Wildman–Crippen LogP) is 2.69. The molecule has 0 aromatic heterocycles. The highest BCUT2D eigenvalue weighted by molar-refractivity contribution is 7.83. The Morgan fingerprint density at radius 2 is 2.11 bits per heavy atom. The van der Waals surface area contributed by atoms with Crippen LogP contribution in [0.4, 0.5) is 0 Å². The summed E-state index contributed by atoms with van der Waals surface area (Å²) in [6, 6.07) is 7.06. The summed E-state index contributed by atoms with van der Waals surface area (Å²) >= 11 is 0. The summed E-state index contributed by atoms with van der Waals surface area (Å²) in [7, 11) is -0.911. The third kappa shape index (κ3) is 5.27. The summed E-state index contributed by atoms with van der Waals surface area (Å²) in [4.78, 5) is 11.7. The van der Waals surface area contributed by atoms with E-state index in [1.165, 1.54) is 0 Å². The number of hydrogen-bond acceptors (Lipinski definition) is 3. The van der Waals surface area contributed by atoms with Gasteiger partial charge in [-0.05, 0) is 37.6 Å². The first-order chi connectivity index (χ1) is 8.49. The molecule has 0 N–H and O–H groups in total. The van der Waals surface area contributed by atoms with Crippen LogP contribution >= 0.6 is 0 Å². The molecule has 0 unspecified atom stereocenters. The summed E-state index contributed by atoms with van der Waals surface area (Å²) in [6.07, 6.45) is 3.49. The Bertz CT molecular complexity index is 474. The first-order valence-electron chi connectivity index (χ1n) is 5.68. The predicted molar refractivity (Wildman–Crippen MR) is 73.9 cm³/mol. The molecule has 0 aliphatic heterocycles. The monoisotopic (exact) mass is 266 g/mol. The maximum Gasteiger partial charge on any atom is 0.338 e. The maximum absolute atomic E-state index is 11.7. The molecule has 0 fully saturated rings. The van der Waals surface area contributed by atoms with Crippen molar-refractivity contribution in [3.63, 3.8) is 0 Å². The van der Waals surface area contributed by atoms with E-state index in [-0.39, 0.29) is 12.6 Å². The molecule has 0 aliphatic rings. The number of carbonyl (C=O) groups is 1. The van der Waals surface area contributed by atoms with Crippen LogP contribution in [0.1, 0.15) is 29.8 Å². The van der Waals surface area contributed by atoms with E-state index < -0.39 is 10.8 Å². The number of hydrogen-bond donors (Lipinski definition) is 0. The van der Waals surface area contributed by atoms with Crippen LogP contribution in [0.3, 0.4) is 0 Å². The first-order valence-corrected chi connectivity index (χ1v) is 7.41. The van der Waals surface area contributed by atoms with E-state index in [4.69, 9.17) is 4.74 Å². The number of esters is 1. The van der Waals surface area contributed by atoms with E-state index in [0.717, 1.165) is 11.1 Å². The molecule has 0 saturated heterocycles. The van der Waals surface area contributed by atoms with Crippen molar-refractivity contribution >= 4 is 16.8 Å². The smallest absolute Gasteiger partial charge is 0.338 e. The minimum Gasteiger partial charge on any atom is -0.458 e. The zero-order valence-corrected chi connectivity index (χ0v) is 11.8. The summed E-state index contributed by atoms with van der Waals surface area (Å²) in [5, 5.41) is 0. The minimum absolute atomic E-state index is 0.283. The molecular formula is C14H18O3S. The molecular weight excluding hydrogens is 248 g/mol. The Balaban J connectivity index is 2.68. The molecule has 98 valence electrons. The standard InChI is InChI=1S/C14H18O3S/c1-11(2)7-8-17-14(15)13-6-4-5-12(9-13)10-18(3)16/h4-7,9H,8,10H2,1-3H3/t18-/m1/s1. The molecule has 1 atom stereocenters. The van der Waals surface area contributed by atoms with E-state index in [2.05, 4.69) is 0 Å². The lowest BCUT2D eigenvalue weighted by molar-refractivity contribution is 0.0549. The van der Waals surface area contributed by atoms with Crippen molar-refractivity contribution in [1.82, 2.24) is 0 Å². The molecule has 0 heterocycles. The summed E-state index contributed by atoms with van der Waals surface area (Å²) in [5.74, 6) is 0.103. The minimum atomic E-state index is -0.911. The van der Waals surface area contributed by atoms with Crippen molar-refractivity contribution in [3.05, 3.63) is 47.0 Å². The van der Waals surface area contributed by atoms with Crippen LogP contribution in [0.15, 0.2) is 35.9 Å². The van der Waals surface area contributed by atoms with Gasteiger partial charge in [0.2, 0.25) is 0 Å². The quantitative estimate of drug-likeness (QED) is 0.608. The van der Waals surface area contributed by atoms with Gasteiger partial charge in [0.1, 0.15) is 6.61 Å². The number of benzene rings is 1. The second-order valence-electron chi connectivity index (χ2n) is 4.30. The second kappa shape index (κ2) is 7.11. The fraction of sp³-hybridized carbons (Fsp3) is 0.357. The highest BCUT2D eigenvalue weighted by Crippen LogP contribution is 2.09. The zero-order chi connectivity index (χ0) is 13.5. The Kier molecular flexibility index (Phi) is 5.78. The van der Waals surface area contributed by atoms with E-state index >= 15 is 0 Å². The lowest BCUT2D eigenvalue weighted by atomic mass is 10.1. The van der Waals surface area contributed by atoms with Gasteiger partial charge in [-0.1, -0.05) is 17.7 Å². The molecule has 0 spiro atoms. The van der Waals surface area contributed by atoms with Crippen LogP contribution in [0.2, 0.25) is 0 Å². The fourth-order valence-corrected chi connectivity index (χ4v) is 2.04. The van der Waals surface area contributed by atoms with Crippen LogP contribution < -0.4 is 0 Å². The van der Waals surface area contributed by atoms with E-state index in [0.29, 0.717) is 11.3 Å². The molecule has 1 rings (SSSR count). The highest BCUT2D eigenvalue weighted by atomic mass is 32.2. The lowest BCUT2D eigenvalue weighted by Gasteiger charge is -2.04. The summed E-state index contributed by atoms with van der Waals surface area (Å²) in [6.45, 7) is 4.18. The van der Waals surface area contributed by atoms with Crippen LogP contribution in [-0.4, -0.2) is 23.0 Å². The van der Waals surface area contributed by atoms with Gasteiger partial charge in [-0.3, -0.25) is 4.21 Å². The number of ether oxygens (including phenoxy) is 1. The number of rotatable bonds is 5. The molecule has 0 aliphatic carbocycles. The van der Waals surface area contributed by atoms with E-state index in [9.17, 15) is 9.00 Å². The van der Waals surface area contributed by atoms with Gasteiger partial charge in [0.25, 0.3) is 0 Å². The third-order valence-corrected chi connectivity index (χ3v) is 2.98. The molecule has 1 aromatic rings. The largest absolute Gasteiger partial charge is 0.458 e. The summed E-state index contributed by atoms with van der Waals surface area (Å²) < 4.78 is 16.2. The molecule has 0 radical (unpaired) electrons. The Labute approximate surface area is 110 Å². The fourth-order valence-electron chi connectivity index (χ4n) is 1.39. The van der Waals surface area contributed by atoms with Gasteiger partial charge in [0.15, 0.2) is 0 Å². The molecule has 0 bridgehead atoms. The SMILES string of the molecule is CC(C)=CCOC(=O)c1cccc(C[S@@](C)=O)c1. The molecule has 4 heteroatoms. The lowest BCUT2D eigenvalue weighted by Crippen LogP contribution is -2.06. The highest BCUT2D eigenvalue weighted by Gasteiger charge is 2.07. The average molecular weight is 266 g/mol. The van der Waals surface area contributed by atoms with Gasteiger partial charge in [-0.2, -0.15) is 0 Å². The second-order valence-corrected chi connectivity index (χ2v) is 5.73. The first kappa shape index (κ1) is 14.6. The molecule has 1 aromatic carbocycles. The van der Waals surface area contributed by atoms with Crippen molar-refractivity contribution in [2.75, 3.05) is 12.9 Å². The Hall–Kier alpha value is -1.42. The van der Waals surface area contributed by atoms with Crippen molar-refractivity contribution in [3.8, 4) is 0 Å². The van der Waals surface area contributed by atoms with Crippen molar-refractivity contribution in [2.24, 2.45) is 0 Å².